The van der Waals surface area contributed by atoms with E-state index in [1.165, 1.54) is 25.3 Å². The maximum atomic E-state index is 13.1. The predicted octanol–water partition coefficient (Wildman–Crippen LogP) is 5.20. The summed E-state index contributed by atoms with van der Waals surface area (Å²) in [7, 11) is 0. The molecule has 0 heterocycles. The van der Waals surface area contributed by atoms with Crippen molar-refractivity contribution in [1.82, 2.24) is 5.32 Å². The Morgan fingerprint density at radius 3 is 2.18 bits per heavy atom. The second-order valence-electron chi connectivity index (χ2n) is 8.46. The quantitative estimate of drug-likeness (QED) is 0.405. The number of carbonyl (C=O) groups excluding carboxylic acids is 1. The standard InChI is InChI=1S/C19H20BrF3N2O2S/c20-14-5-12(4-13(15(14)26)19(21,22)23)24-17(28)25-16(27)18-6-9-1-10(7-18)3-11(2-9)8-18/h4-5,9-11,26H,1-3,6-8H2,(H2,24,25,27,28). The lowest BCUT2D eigenvalue weighted by Crippen LogP contribution is -2.55. The van der Waals surface area contributed by atoms with Gasteiger partial charge in [0.15, 0.2) is 5.11 Å². The molecule has 4 nitrogen and oxygen atoms in total. The molecule has 1 aromatic rings. The zero-order chi connectivity index (χ0) is 20.3. The number of nitrogens with one attached hydrogen (secondary N) is 2. The molecule has 9 heteroatoms. The van der Waals surface area contributed by atoms with Crippen LogP contribution >= 0.6 is 28.1 Å². The molecule has 0 radical (unpaired) electrons. The minimum Gasteiger partial charge on any atom is -0.506 e. The molecule has 0 aliphatic heterocycles. The molecule has 0 spiro atoms. The van der Waals surface area contributed by atoms with Crippen LogP contribution in [0.4, 0.5) is 18.9 Å². The van der Waals surface area contributed by atoms with Crippen LogP contribution in [-0.2, 0) is 11.0 Å². The van der Waals surface area contributed by atoms with Crippen molar-refractivity contribution < 1.29 is 23.1 Å². The number of phenolic OH excluding ortho intramolecular Hbond substituents is 1. The molecule has 4 bridgehead atoms. The van der Waals surface area contributed by atoms with Gasteiger partial charge in [-0.3, -0.25) is 4.79 Å². The van der Waals surface area contributed by atoms with Gasteiger partial charge in [-0.05, 0) is 96.6 Å². The summed E-state index contributed by atoms with van der Waals surface area (Å²) in [5, 5.41) is 14.9. The molecule has 1 aromatic carbocycles. The zero-order valence-corrected chi connectivity index (χ0v) is 17.3. The van der Waals surface area contributed by atoms with E-state index in [4.69, 9.17) is 12.2 Å². The average molecular weight is 477 g/mol. The molecular formula is C19H20BrF3N2O2S. The second kappa shape index (κ2) is 6.86. The third-order valence-electron chi connectivity index (χ3n) is 6.37. The summed E-state index contributed by atoms with van der Waals surface area (Å²) in [6.07, 6.45) is 1.52. The molecule has 4 aliphatic rings. The summed E-state index contributed by atoms with van der Waals surface area (Å²) in [5.41, 5.74) is -1.54. The molecule has 28 heavy (non-hydrogen) atoms. The van der Waals surface area contributed by atoms with Gasteiger partial charge in [0.25, 0.3) is 0 Å². The van der Waals surface area contributed by atoms with Gasteiger partial charge in [-0.15, -0.1) is 0 Å². The highest BCUT2D eigenvalue weighted by atomic mass is 79.9. The molecule has 0 saturated heterocycles. The number of aromatic hydroxyl groups is 1. The van der Waals surface area contributed by atoms with Gasteiger partial charge in [0.2, 0.25) is 5.91 Å². The van der Waals surface area contributed by atoms with Crippen LogP contribution in [0, 0.1) is 23.2 Å². The van der Waals surface area contributed by atoms with Gasteiger partial charge in [-0.2, -0.15) is 13.2 Å². The van der Waals surface area contributed by atoms with E-state index in [0.29, 0.717) is 17.8 Å². The Morgan fingerprint density at radius 2 is 1.68 bits per heavy atom. The number of thiocarbonyl (C=S) groups is 1. The van der Waals surface area contributed by atoms with Crippen molar-refractivity contribution >= 4 is 44.9 Å². The van der Waals surface area contributed by atoms with Gasteiger partial charge in [0.05, 0.1) is 9.89 Å². The minimum atomic E-state index is -4.71. The van der Waals surface area contributed by atoms with E-state index in [2.05, 4.69) is 26.6 Å². The fraction of sp³-hybridized carbons (Fsp3) is 0.579. The maximum absolute atomic E-state index is 13.1. The lowest BCUT2D eigenvalue weighted by Gasteiger charge is -2.55. The number of benzene rings is 1. The van der Waals surface area contributed by atoms with E-state index < -0.39 is 22.9 Å². The van der Waals surface area contributed by atoms with Crippen LogP contribution in [0.1, 0.15) is 44.1 Å². The first-order valence-corrected chi connectivity index (χ1v) is 10.5. The topological polar surface area (TPSA) is 61.4 Å². The van der Waals surface area contributed by atoms with Crippen molar-refractivity contribution in [1.29, 1.82) is 0 Å². The Morgan fingerprint density at radius 1 is 1.14 bits per heavy atom. The fourth-order valence-corrected chi connectivity index (χ4v) is 6.34. The van der Waals surface area contributed by atoms with Crippen LogP contribution in [0.3, 0.4) is 0 Å². The van der Waals surface area contributed by atoms with E-state index in [1.54, 1.807) is 0 Å². The largest absolute Gasteiger partial charge is 0.506 e. The van der Waals surface area contributed by atoms with Gasteiger partial charge in [-0.1, -0.05) is 0 Å². The lowest BCUT2D eigenvalue weighted by atomic mass is 9.49. The number of halogens is 4. The highest BCUT2D eigenvalue weighted by molar-refractivity contribution is 9.10. The van der Waals surface area contributed by atoms with Gasteiger partial charge >= 0.3 is 6.18 Å². The first-order chi connectivity index (χ1) is 13.1. The van der Waals surface area contributed by atoms with E-state index in [1.807, 2.05) is 0 Å². The summed E-state index contributed by atoms with van der Waals surface area (Å²) < 4.78 is 39.1. The van der Waals surface area contributed by atoms with Gasteiger partial charge < -0.3 is 15.7 Å². The van der Waals surface area contributed by atoms with Crippen molar-refractivity contribution in [2.45, 2.75) is 44.7 Å². The van der Waals surface area contributed by atoms with Crippen molar-refractivity contribution in [3.63, 3.8) is 0 Å². The Kier molecular flexibility index (Phi) is 4.89. The molecule has 4 saturated carbocycles. The van der Waals surface area contributed by atoms with Crippen LogP contribution in [0.25, 0.3) is 0 Å². The Bertz CT molecular complexity index is 808. The highest BCUT2D eigenvalue weighted by Crippen LogP contribution is 2.60. The Hall–Kier alpha value is -1.35. The van der Waals surface area contributed by atoms with E-state index in [0.717, 1.165) is 25.3 Å². The van der Waals surface area contributed by atoms with Crippen LogP contribution in [0.5, 0.6) is 5.75 Å². The van der Waals surface area contributed by atoms with Crippen LogP contribution in [0.2, 0.25) is 0 Å². The molecule has 4 aliphatic carbocycles. The first-order valence-electron chi connectivity index (χ1n) is 9.28. The highest BCUT2D eigenvalue weighted by Gasteiger charge is 2.54. The Labute approximate surface area is 174 Å². The van der Waals surface area contributed by atoms with Crippen molar-refractivity contribution in [3.05, 3.63) is 22.2 Å². The summed E-state index contributed by atoms with van der Waals surface area (Å²) in [6, 6.07) is 2.05. The van der Waals surface area contributed by atoms with Gasteiger partial charge in [-0.25, -0.2) is 0 Å². The number of amides is 1. The molecule has 0 aromatic heterocycles. The van der Waals surface area contributed by atoms with Crippen molar-refractivity contribution in [3.8, 4) is 5.75 Å². The van der Waals surface area contributed by atoms with Crippen molar-refractivity contribution in [2.75, 3.05) is 5.32 Å². The maximum Gasteiger partial charge on any atom is 0.420 e. The molecule has 152 valence electrons. The van der Waals surface area contributed by atoms with E-state index in [-0.39, 0.29) is 21.2 Å². The SMILES string of the molecule is O=C(NC(=S)Nc1cc(Br)c(O)c(C(F)(F)F)c1)C12CC3CC(CC(C3)C1)C2. The minimum absolute atomic E-state index is 0.0350. The molecular weight excluding hydrogens is 457 g/mol. The summed E-state index contributed by atoms with van der Waals surface area (Å²) in [4.78, 5) is 13.0. The van der Waals surface area contributed by atoms with Crippen LogP contribution in [-0.4, -0.2) is 16.1 Å². The molecule has 0 atom stereocenters. The third-order valence-corrected chi connectivity index (χ3v) is 7.18. The van der Waals surface area contributed by atoms with Gasteiger partial charge in [0.1, 0.15) is 11.3 Å². The summed E-state index contributed by atoms with van der Waals surface area (Å²) in [6.45, 7) is 0. The summed E-state index contributed by atoms with van der Waals surface area (Å²) in [5.74, 6) is 0.780. The number of carbonyl (C=O) groups is 1. The fourth-order valence-electron chi connectivity index (χ4n) is 5.67. The third kappa shape index (κ3) is 3.63. The van der Waals surface area contributed by atoms with E-state index in [9.17, 15) is 23.1 Å². The number of hydrogen-bond acceptors (Lipinski definition) is 3. The monoisotopic (exact) mass is 476 g/mol. The van der Waals surface area contributed by atoms with Gasteiger partial charge in [0, 0.05) is 5.69 Å². The molecule has 1 amide bonds. The zero-order valence-electron chi connectivity index (χ0n) is 14.9. The van der Waals surface area contributed by atoms with Crippen LogP contribution < -0.4 is 10.6 Å². The van der Waals surface area contributed by atoms with E-state index >= 15 is 0 Å². The van der Waals surface area contributed by atoms with Crippen molar-refractivity contribution in [2.24, 2.45) is 23.2 Å². The molecule has 5 rings (SSSR count). The Balaban J connectivity index is 1.47. The number of rotatable bonds is 2. The molecule has 4 fully saturated rings. The average Bonchev–Trinajstić information content (AvgIpc) is 2.55. The smallest absolute Gasteiger partial charge is 0.420 e. The number of phenols is 1. The number of hydrogen-bond donors (Lipinski definition) is 3. The number of alkyl halides is 3. The lowest BCUT2D eigenvalue weighted by molar-refractivity contribution is -0.144. The normalized spacial score (nSPS) is 30.9. The predicted molar refractivity (Wildman–Crippen MR) is 106 cm³/mol. The summed E-state index contributed by atoms with van der Waals surface area (Å²) >= 11 is 8.10. The number of anilines is 1. The second-order valence-corrected chi connectivity index (χ2v) is 9.72. The first kappa shape index (κ1) is 19.9. The molecule has 0 unspecified atom stereocenters. The van der Waals surface area contributed by atoms with Crippen LogP contribution in [0.15, 0.2) is 16.6 Å². The molecule has 3 N–H and O–H groups in total.